The molecule has 0 atom stereocenters. The molecule has 5 heteroatoms. The molecule has 0 aliphatic carbocycles. The van der Waals surface area contributed by atoms with Gasteiger partial charge in [-0.3, -0.25) is 9.59 Å². The first-order chi connectivity index (χ1) is 11.1. The molecule has 116 valence electrons. The fraction of sp³-hybridized carbons (Fsp3) is 0.167. The molecular formula is C18H17N3O2. The van der Waals surface area contributed by atoms with Crippen LogP contribution in [0.5, 0.6) is 0 Å². The van der Waals surface area contributed by atoms with Crippen LogP contribution in [0.15, 0.2) is 53.3 Å². The Morgan fingerprint density at radius 1 is 1.04 bits per heavy atom. The third-order valence-corrected chi connectivity index (χ3v) is 3.74. The van der Waals surface area contributed by atoms with Crippen LogP contribution in [-0.4, -0.2) is 16.1 Å². The number of nitrogens with zero attached hydrogens (tertiary/aromatic N) is 1. The summed E-state index contributed by atoms with van der Waals surface area (Å²) >= 11 is 0. The van der Waals surface area contributed by atoms with Gasteiger partial charge in [0.2, 0.25) is 0 Å². The molecule has 0 aliphatic rings. The van der Waals surface area contributed by atoms with Crippen LogP contribution in [0.2, 0.25) is 0 Å². The predicted molar refractivity (Wildman–Crippen MR) is 90.8 cm³/mol. The lowest BCUT2D eigenvalue weighted by atomic mass is 10.0. The maximum absolute atomic E-state index is 12.6. The Kier molecular flexibility index (Phi) is 3.93. The molecule has 2 N–H and O–H groups in total. The number of aromatic nitrogens is 2. The zero-order chi connectivity index (χ0) is 16.4. The monoisotopic (exact) mass is 307 g/mol. The lowest BCUT2D eigenvalue weighted by Gasteiger charge is -2.13. The zero-order valence-corrected chi connectivity index (χ0v) is 13.0. The number of amides is 1. The van der Waals surface area contributed by atoms with Crippen molar-refractivity contribution in [3.63, 3.8) is 0 Å². The molecule has 5 nitrogen and oxygen atoms in total. The number of aromatic amines is 1. The molecule has 23 heavy (non-hydrogen) atoms. The molecule has 0 unspecified atom stereocenters. The van der Waals surface area contributed by atoms with Crippen LogP contribution in [0.4, 0.5) is 5.69 Å². The van der Waals surface area contributed by atoms with Crippen molar-refractivity contribution < 1.29 is 4.79 Å². The number of carbonyl (C=O) groups excluding carboxylic acids is 1. The highest BCUT2D eigenvalue weighted by Crippen LogP contribution is 2.24. The average Bonchev–Trinajstić information content (AvgIpc) is 2.55. The third kappa shape index (κ3) is 2.85. The molecule has 0 radical (unpaired) electrons. The highest BCUT2D eigenvalue weighted by molar-refractivity contribution is 6.11. The molecule has 0 saturated heterocycles. The van der Waals surface area contributed by atoms with Crippen LogP contribution >= 0.6 is 0 Å². The number of anilines is 1. The minimum absolute atomic E-state index is 0.207. The maximum Gasteiger partial charge on any atom is 0.276 e. The number of hydrogen-bond donors (Lipinski definition) is 2. The fourth-order valence-corrected chi connectivity index (χ4v) is 2.58. The van der Waals surface area contributed by atoms with Gasteiger partial charge in [0.1, 0.15) is 0 Å². The standard InChI is InChI=1S/C18H17N3O2/c1-11(2)12-7-5-6-10-15(12)19-18(23)16-13-8-3-4-9-14(13)17(22)21-20-16/h3-11H,1-2H3,(H,19,23)(H,21,22). The van der Waals surface area contributed by atoms with Gasteiger partial charge in [0.05, 0.1) is 5.39 Å². The lowest BCUT2D eigenvalue weighted by Crippen LogP contribution is -2.20. The molecule has 1 aromatic heterocycles. The summed E-state index contributed by atoms with van der Waals surface area (Å²) in [4.78, 5) is 24.4. The predicted octanol–water partition coefficient (Wildman–Crippen LogP) is 3.30. The fourth-order valence-electron chi connectivity index (χ4n) is 2.58. The highest BCUT2D eigenvalue weighted by Gasteiger charge is 2.16. The van der Waals surface area contributed by atoms with Gasteiger partial charge in [-0.15, -0.1) is 0 Å². The molecule has 0 fully saturated rings. The summed E-state index contributed by atoms with van der Waals surface area (Å²) in [5.41, 5.74) is 1.71. The number of H-pyrrole nitrogens is 1. The van der Waals surface area contributed by atoms with E-state index in [1.807, 2.05) is 24.3 Å². The summed E-state index contributed by atoms with van der Waals surface area (Å²) in [5.74, 6) is -0.0580. The van der Waals surface area contributed by atoms with E-state index in [9.17, 15) is 9.59 Å². The van der Waals surface area contributed by atoms with Crippen molar-refractivity contribution in [1.82, 2.24) is 10.2 Å². The minimum Gasteiger partial charge on any atom is -0.320 e. The molecule has 0 saturated carbocycles. The normalized spacial score (nSPS) is 10.9. The van der Waals surface area contributed by atoms with Gasteiger partial charge >= 0.3 is 0 Å². The van der Waals surface area contributed by atoms with E-state index in [2.05, 4.69) is 29.4 Å². The molecular weight excluding hydrogens is 290 g/mol. The molecule has 1 heterocycles. The molecule has 1 amide bonds. The minimum atomic E-state index is -0.342. The smallest absolute Gasteiger partial charge is 0.276 e. The van der Waals surface area contributed by atoms with E-state index in [1.165, 1.54) is 0 Å². The van der Waals surface area contributed by atoms with E-state index >= 15 is 0 Å². The summed E-state index contributed by atoms with van der Waals surface area (Å²) in [5, 5.41) is 10.2. The Hall–Kier alpha value is -2.95. The van der Waals surface area contributed by atoms with Gasteiger partial charge in [0.25, 0.3) is 11.5 Å². The molecule has 0 aliphatic heterocycles. The van der Waals surface area contributed by atoms with Crippen LogP contribution in [0.3, 0.4) is 0 Å². The van der Waals surface area contributed by atoms with Crippen LogP contribution in [0, 0.1) is 0 Å². The zero-order valence-electron chi connectivity index (χ0n) is 13.0. The Labute approximate surface area is 133 Å². The second kappa shape index (κ2) is 6.04. The first-order valence-corrected chi connectivity index (χ1v) is 7.45. The summed E-state index contributed by atoms with van der Waals surface area (Å²) in [7, 11) is 0. The largest absolute Gasteiger partial charge is 0.320 e. The van der Waals surface area contributed by atoms with Crippen molar-refractivity contribution >= 4 is 22.4 Å². The topological polar surface area (TPSA) is 74.8 Å². The van der Waals surface area contributed by atoms with Gasteiger partial charge in [0, 0.05) is 11.1 Å². The number of fused-ring (bicyclic) bond motifs is 1. The number of nitrogens with one attached hydrogen (secondary N) is 2. The molecule has 3 aromatic rings. The van der Waals surface area contributed by atoms with Crippen molar-refractivity contribution in [3.05, 3.63) is 70.1 Å². The second-order valence-corrected chi connectivity index (χ2v) is 5.64. The molecule has 3 rings (SSSR count). The van der Waals surface area contributed by atoms with E-state index in [4.69, 9.17) is 0 Å². The summed E-state index contributed by atoms with van der Waals surface area (Å²) < 4.78 is 0. The van der Waals surface area contributed by atoms with Crippen LogP contribution in [0.1, 0.15) is 35.8 Å². The maximum atomic E-state index is 12.6. The molecule has 0 spiro atoms. The van der Waals surface area contributed by atoms with Crippen LogP contribution in [0.25, 0.3) is 10.8 Å². The van der Waals surface area contributed by atoms with Crippen molar-refractivity contribution in [2.75, 3.05) is 5.32 Å². The average molecular weight is 307 g/mol. The van der Waals surface area contributed by atoms with Crippen LogP contribution < -0.4 is 10.9 Å². The number of carbonyl (C=O) groups is 1. The molecule has 0 bridgehead atoms. The van der Waals surface area contributed by atoms with Gasteiger partial charge in [-0.25, -0.2) is 5.10 Å². The van der Waals surface area contributed by atoms with Crippen molar-refractivity contribution in [3.8, 4) is 0 Å². The SMILES string of the molecule is CC(C)c1ccccc1NC(=O)c1n[nH]c(=O)c2ccccc12. The Morgan fingerprint density at radius 2 is 1.70 bits per heavy atom. The number of hydrogen-bond acceptors (Lipinski definition) is 3. The van der Waals surface area contributed by atoms with Crippen LogP contribution in [-0.2, 0) is 0 Å². The van der Waals surface area contributed by atoms with Gasteiger partial charge in [-0.1, -0.05) is 50.2 Å². The van der Waals surface area contributed by atoms with Gasteiger partial charge in [-0.05, 0) is 23.6 Å². The van der Waals surface area contributed by atoms with E-state index in [0.29, 0.717) is 10.8 Å². The quantitative estimate of drug-likeness (QED) is 0.779. The second-order valence-electron chi connectivity index (χ2n) is 5.64. The van der Waals surface area contributed by atoms with E-state index in [1.54, 1.807) is 24.3 Å². The first-order valence-electron chi connectivity index (χ1n) is 7.45. The number of benzene rings is 2. The first kappa shape index (κ1) is 15.0. The van der Waals surface area contributed by atoms with Gasteiger partial charge in [-0.2, -0.15) is 5.10 Å². The summed E-state index contributed by atoms with van der Waals surface area (Å²) in [6.45, 7) is 4.14. The Balaban J connectivity index is 2.03. The Morgan fingerprint density at radius 3 is 2.43 bits per heavy atom. The number of rotatable bonds is 3. The summed E-state index contributed by atoms with van der Waals surface area (Å²) in [6, 6.07) is 14.6. The lowest BCUT2D eigenvalue weighted by molar-refractivity contribution is 0.102. The van der Waals surface area contributed by atoms with E-state index in [0.717, 1.165) is 11.3 Å². The van der Waals surface area contributed by atoms with Crippen molar-refractivity contribution in [2.45, 2.75) is 19.8 Å². The highest BCUT2D eigenvalue weighted by atomic mass is 16.2. The van der Waals surface area contributed by atoms with E-state index < -0.39 is 0 Å². The number of para-hydroxylation sites is 1. The Bertz CT molecular complexity index is 929. The van der Waals surface area contributed by atoms with Crippen molar-refractivity contribution in [1.29, 1.82) is 0 Å². The van der Waals surface area contributed by atoms with E-state index in [-0.39, 0.29) is 23.1 Å². The summed E-state index contributed by atoms with van der Waals surface area (Å²) in [6.07, 6.45) is 0. The molecule has 2 aromatic carbocycles. The third-order valence-electron chi connectivity index (χ3n) is 3.74. The van der Waals surface area contributed by atoms with Crippen molar-refractivity contribution in [2.24, 2.45) is 0 Å². The van der Waals surface area contributed by atoms with Gasteiger partial charge < -0.3 is 5.32 Å². The van der Waals surface area contributed by atoms with Gasteiger partial charge in [0.15, 0.2) is 5.69 Å².